The topological polar surface area (TPSA) is 66.5 Å². The third-order valence-electron chi connectivity index (χ3n) is 4.12. The van der Waals surface area contributed by atoms with E-state index in [9.17, 15) is 9.18 Å². The fourth-order valence-electron chi connectivity index (χ4n) is 2.59. The number of piperidine rings is 1. The highest BCUT2D eigenvalue weighted by molar-refractivity contribution is 5.47. The number of ether oxygens (including phenoxy) is 1. The first-order chi connectivity index (χ1) is 11.1. The standard InChI is InChI=1S/C16H25FN4O2/c1-13-3-4-14(20-15(13)18-2)23-10-7-19-11-16(17)5-8-21(12-22)9-6-16/h3-4,12,19H,5-11H2,1-2H3,(H,18,20). The van der Waals surface area contributed by atoms with Gasteiger partial charge in [0.2, 0.25) is 12.3 Å². The summed E-state index contributed by atoms with van der Waals surface area (Å²) < 4.78 is 20.1. The summed E-state index contributed by atoms with van der Waals surface area (Å²) in [7, 11) is 1.82. The Morgan fingerprint density at radius 3 is 2.83 bits per heavy atom. The maximum Gasteiger partial charge on any atom is 0.215 e. The van der Waals surface area contributed by atoms with Crippen molar-refractivity contribution in [2.75, 3.05) is 45.2 Å². The van der Waals surface area contributed by atoms with Crippen LogP contribution in [0.4, 0.5) is 10.2 Å². The molecule has 7 heteroatoms. The minimum Gasteiger partial charge on any atom is -0.476 e. The summed E-state index contributed by atoms with van der Waals surface area (Å²) in [6, 6.07) is 3.76. The number of nitrogens with zero attached hydrogens (tertiary/aromatic N) is 2. The molecule has 1 saturated heterocycles. The van der Waals surface area contributed by atoms with Crippen LogP contribution in [0, 0.1) is 6.92 Å². The molecule has 23 heavy (non-hydrogen) atoms. The lowest BCUT2D eigenvalue weighted by atomic mass is 9.93. The van der Waals surface area contributed by atoms with Gasteiger partial charge in [-0.25, -0.2) is 4.39 Å². The lowest BCUT2D eigenvalue weighted by molar-refractivity contribution is -0.120. The van der Waals surface area contributed by atoms with E-state index < -0.39 is 5.67 Å². The second-order valence-corrected chi connectivity index (χ2v) is 5.88. The predicted molar refractivity (Wildman–Crippen MR) is 87.6 cm³/mol. The Morgan fingerprint density at radius 2 is 2.17 bits per heavy atom. The maximum atomic E-state index is 14.5. The molecule has 1 aliphatic heterocycles. The molecule has 2 N–H and O–H groups in total. The van der Waals surface area contributed by atoms with Crippen LogP contribution in [0.3, 0.4) is 0 Å². The zero-order valence-corrected chi connectivity index (χ0v) is 13.8. The zero-order valence-electron chi connectivity index (χ0n) is 13.8. The number of pyridine rings is 1. The van der Waals surface area contributed by atoms with E-state index in [0.717, 1.165) is 17.8 Å². The van der Waals surface area contributed by atoms with Crippen molar-refractivity contribution in [2.45, 2.75) is 25.4 Å². The van der Waals surface area contributed by atoms with E-state index in [1.54, 1.807) is 4.90 Å². The predicted octanol–water partition coefficient (Wildman–Crippen LogP) is 1.36. The average Bonchev–Trinajstić information content (AvgIpc) is 2.56. The van der Waals surface area contributed by atoms with Crippen LogP contribution in [-0.4, -0.2) is 61.8 Å². The number of aryl methyl sites for hydroxylation is 1. The Kier molecular flexibility index (Phi) is 6.15. The molecule has 0 saturated carbocycles. The lowest BCUT2D eigenvalue weighted by Gasteiger charge is -2.34. The van der Waals surface area contributed by atoms with Gasteiger partial charge in [0.15, 0.2) is 0 Å². The molecule has 0 aromatic carbocycles. The van der Waals surface area contributed by atoms with Gasteiger partial charge in [-0.05, 0) is 12.5 Å². The van der Waals surface area contributed by atoms with E-state index in [4.69, 9.17) is 4.74 Å². The number of hydrogen-bond donors (Lipinski definition) is 2. The summed E-state index contributed by atoms with van der Waals surface area (Å²) in [4.78, 5) is 16.6. The molecule has 0 unspecified atom stereocenters. The van der Waals surface area contributed by atoms with Crippen molar-refractivity contribution < 1.29 is 13.9 Å². The Hall–Kier alpha value is -1.89. The number of hydrogen-bond acceptors (Lipinski definition) is 5. The van der Waals surface area contributed by atoms with Crippen molar-refractivity contribution >= 4 is 12.2 Å². The van der Waals surface area contributed by atoms with Crippen LogP contribution in [0.2, 0.25) is 0 Å². The van der Waals surface area contributed by atoms with E-state index in [-0.39, 0.29) is 6.54 Å². The molecule has 0 aliphatic carbocycles. The highest BCUT2D eigenvalue weighted by Crippen LogP contribution is 2.25. The second kappa shape index (κ2) is 8.10. The number of halogens is 1. The van der Waals surface area contributed by atoms with Crippen LogP contribution in [0.1, 0.15) is 18.4 Å². The van der Waals surface area contributed by atoms with Crippen molar-refractivity contribution in [3.63, 3.8) is 0 Å². The molecule has 0 atom stereocenters. The summed E-state index contributed by atoms with van der Waals surface area (Å²) in [6.45, 7) is 4.20. The molecular weight excluding hydrogens is 299 g/mol. The summed E-state index contributed by atoms with van der Waals surface area (Å²) in [5.74, 6) is 1.34. The van der Waals surface area contributed by atoms with Gasteiger partial charge in [-0.2, -0.15) is 4.98 Å². The molecule has 6 nitrogen and oxygen atoms in total. The summed E-state index contributed by atoms with van der Waals surface area (Å²) >= 11 is 0. The number of carbonyl (C=O) groups excluding carboxylic acids is 1. The van der Waals surface area contributed by atoms with Gasteiger partial charge >= 0.3 is 0 Å². The number of nitrogens with one attached hydrogen (secondary N) is 2. The first-order valence-electron chi connectivity index (χ1n) is 7.93. The number of anilines is 1. The molecule has 128 valence electrons. The third kappa shape index (κ3) is 5.06. The SMILES string of the molecule is CNc1nc(OCCNCC2(F)CCN(C=O)CC2)ccc1C. The van der Waals surface area contributed by atoms with Gasteiger partial charge in [-0.3, -0.25) is 4.79 Å². The molecule has 0 radical (unpaired) electrons. The van der Waals surface area contributed by atoms with Crippen LogP contribution in [0.25, 0.3) is 0 Å². The number of aromatic nitrogens is 1. The Balaban J connectivity index is 1.67. The third-order valence-corrected chi connectivity index (χ3v) is 4.12. The van der Waals surface area contributed by atoms with E-state index >= 15 is 0 Å². The van der Waals surface area contributed by atoms with E-state index in [0.29, 0.717) is 45.0 Å². The van der Waals surface area contributed by atoms with Crippen molar-refractivity contribution in [3.05, 3.63) is 17.7 Å². The largest absolute Gasteiger partial charge is 0.476 e. The number of amides is 1. The molecule has 0 spiro atoms. The van der Waals surface area contributed by atoms with Crippen molar-refractivity contribution in [1.82, 2.24) is 15.2 Å². The monoisotopic (exact) mass is 324 g/mol. The average molecular weight is 324 g/mol. The molecule has 2 heterocycles. The molecule has 0 bridgehead atoms. The lowest BCUT2D eigenvalue weighted by Crippen LogP contribution is -2.47. The maximum absolute atomic E-state index is 14.5. The summed E-state index contributed by atoms with van der Waals surface area (Å²) in [5.41, 5.74) is -0.181. The van der Waals surface area contributed by atoms with E-state index in [2.05, 4.69) is 15.6 Å². The Labute approximate surface area is 136 Å². The van der Waals surface area contributed by atoms with Gasteiger partial charge in [-0.15, -0.1) is 0 Å². The number of likely N-dealkylation sites (tertiary alicyclic amines) is 1. The molecular formula is C16H25FN4O2. The number of alkyl halides is 1. The number of carbonyl (C=O) groups is 1. The second-order valence-electron chi connectivity index (χ2n) is 5.88. The van der Waals surface area contributed by atoms with Crippen LogP contribution in [0.5, 0.6) is 5.88 Å². The first-order valence-corrected chi connectivity index (χ1v) is 7.93. The van der Waals surface area contributed by atoms with E-state index in [1.807, 2.05) is 26.1 Å². The van der Waals surface area contributed by atoms with Crippen molar-refractivity contribution in [3.8, 4) is 5.88 Å². The van der Waals surface area contributed by atoms with Crippen LogP contribution in [0.15, 0.2) is 12.1 Å². The molecule has 1 amide bonds. The van der Waals surface area contributed by atoms with Gasteiger partial charge in [0, 0.05) is 52.1 Å². The molecule has 2 rings (SSSR count). The Bertz CT molecular complexity index is 519. The van der Waals surface area contributed by atoms with Crippen LogP contribution < -0.4 is 15.4 Å². The van der Waals surface area contributed by atoms with Gasteiger partial charge in [0.1, 0.15) is 18.1 Å². The molecule has 1 aliphatic rings. The molecule has 1 aromatic heterocycles. The quantitative estimate of drug-likeness (QED) is 0.558. The Morgan fingerprint density at radius 1 is 1.43 bits per heavy atom. The highest BCUT2D eigenvalue weighted by atomic mass is 19.1. The van der Waals surface area contributed by atoms with Crippen molar-refractivity contribution in [2.24, 2.45) is 0 Å². The van der Waals surface area contributed by atoms with Crippen LogP contribution in [-0.2, 0) is 4.79 Å². The summed E-state index contributed by atoms with van der Waals surface area (Å²) in [6.07, 6.45) is 1.55. The first kappa shape index (κ1) is 17.5. The van der Waals surface area contributed by atoms with Gasteiger partial charge < -0.3 is 20.3 Å². The fourth-order valence-corrected chi connectivity index (χ4v) is 2.59. The summed E-state index contributed by atoms with van der Waals surface area (Å²) in [5, 5.41) is 6.10. The minimum absolute atomic E-state index is 0.284. The number of rotatable bonds is 8. The molecule has 1 fully saturated rings. The van der Waals surface area contributed by atoms with Crippen molar-refractivity contribution in [1.29, 1.82) is 0 Å². The smallest absolute Gasteiger partial charge is 0.215 e. The zero-order chi connectivity index (χ0) is 16.7. The van der Waals surface area contributed by atoms with Gasteiger partial charge in [-0.1, -0.05) is 6.07 Å². The van der Waals surface area contributed by atoms with Gasteiger partial charge in [0.25, 0.3) is 0 Å². The van der Waals surface area contributed by atoms with Crippen LogP contribution >= 0.6 is 0 Å². The minimum atomic E-state index is -1.24. The normalized spacial score (nSPS) is 16.9. The highest BCUT2D eigenvalue weighted by Gasteiger charge is 2.33. The van der Waals surface area contributed by atoms with Gasteiger partial charge in [0.05, 0.1) is 0 Å². The van der Waals surface area contributed by atoms with E-state index in [1.165, 1.54) is 0 Å². The molecule has 1 aromatic rings. The fraction of sp³-hybridized carbons (Fsp3) is 0.625.